The van der Waals surface area contributed by atoms with Crippen LogP contribution in [0.3, 0.4) is 0 Å². The maximum Gasteiger partial charge on any atom is 0.239 e. The van der Waals surface area contributed by atoms with Crippen LogP contribution in [-0.2, 0) is 4.79 Å². The van der Waals surface area contributed by atoms with Crippen molar-refractivity contribution in [2.75, 3.05) is 11.9 Å². The SMILES string of the molecule is O=C(CNc1ccc(Cl)c(Cl)c1)NC1CCCCC1. The lowest BCUT2D eigenvalue weighted by atomic mass is 9.95. The van der Waals surface area contributed by atoms with Crippen LogP contribution in [0, 0.1) is 0 Å². The Hall–Kier alpha value is -0.930. The van der Waals surface area contributed by atoms with E-state index in [1.54, 1.807) is 12.1 Å². The molecule has 0 aromatic heterocycles. The van der Waals surface area contributed by atoms with Gasteiger partial charge in [0.2, 0.25) is 5.91 Å². The molecule has 2 N–H and O–H groups in total. The lowest BCUT2D eigenvalue weighted by molar-refractivity contribution is -0.120. The molecule has 1 aliphatic carbocycles. The molecule has 19 heavy (non-hydrogen) atoms. The number of amides is 1. The predicted octanol–water partition coefficient (Wildman–Crippen LogP) is 3.85. The fraction of sp³-hybridized carbons (Fsp3) is 0.500. The molecule has 1 aromatic carbocycles. The van der Waals surface area contributed by atoms with Crippen molar-refractivity contribution in [3.63, 3.8) is 0 Å². The molecule has 1 saturated carbocycles. The van der Waals surface area contributed by atoms with E-state index in [0.717, 1.165) is 18.5 Å². The van der Waals surface area contributed by atoms with E-state index in [-0.39, 0.29) is 12.5 Å². The minimum absolute atomic E-state index is 0.0259. The second-order valence-corrected chi connectivity index (χ2v) is 5.70. The van der Waals surface area contributed by atoms with E-state index in [2.05, 4.69) is 10.6 Å². The van der Waals surface area contributed by atoms with Crippen LogP contribution in [-0.4, -0.2) is 18.5 Å². The highest BCUT2D eigenvalue weighted by Crippen LogP contribution is 2.24. The zero-order valence-electron chi connectivity index (χ0n) is 10.7. The molecule has 104 valence electrons. The first kappa shape index (κ1) is 14.5. The molecule has 0 unspecified atom stereocenters. The van der Waals surface area contributed by atoms with Crippen molar-refractivity contribution in [3.8, 4) is 0 Å². The Morgan fingerprint density at radius 1 is 1.16 bits per heavy atom. The molecular weight excluding hydrogens is 283 g/mol. The van der Waals surface area contributed by atoms with Crippen molar-refractivity contribution in [1.29, 1.82) is 0 Å². The van der Waals surface area contributed by atoms with Gasteiger partial charge in [0.05, 0.1) is 16.6 Å². The summed E-state index contributed by atoms with van der Waals surface area (Å²) in [6.07, 6.45) is 5.90. The molecule has 0 spiro atoms. The van der Waals surface area contributed by atoms with E-state index >= 15 is 0 Å². The van der Waals surface area contributed by atoms with Crippen molar-refractivity contribution >= 4 is 34.8 Å². The smallest absolute Gasteiger partial charge is 0.239 e. The number of carbonyl (C=O) groups excluding carboxylic acids is 1. The summed E-state index contributed by atoms with van der Waals surface area (Å²) in [4.78, 5) is 11.8. The van der Waals surface area contributed by atoms with Gasteiger partial charge in [-0.3, -0.25) is 4.79 Å². The summed E-state index contributed by atoms with van der Waals surface area (Å²) >= 11 is 11.7. The van der Waals surface area contributed by atoms with Gasteiger partial charge in [-0.05, 0) is 31.0 Å². The highest BCUT2D eigenvalue weighted by Gasteiger charge is 2.15. The summed E-state index contributed by atoms with van der Waals surface area (Å²) in [5.74, 6) is 0.0259. The van der Waals surface area contributed by atoms with E-state index in [9.17, 15) is 4.79 Å². The lowest BCUT2D eigenvalue weighted by Gasteiger charge is -2.22. The fourth-order valence-corrected chi connectivity index (χ4v) is 2.61. The van der Waals surface area contributed by atoms with Gasteiger partial charge in [-0.15, -0.1) is 0 Å². The Kier molecular flexibility index (Phi) is 5.34. The third-order valence-electron chi connectivity index (χ3n) is 3.34. The minimum Gasteiger partial charge on any atom is -0.376 e. The van der Waals surface area contributed by atoms with Crippen molar-refractivity contribution < 1.29 is 4.79 Å². The quantitative estimate of drug-likeness (QED) is 0.886. The molecule has 0 aliphatic heterocycles. The van der Waals surface area contributed by atoms with Gasteiger partial charge < -0.3 is 10.6 Å². The fourth-order valence-electron chi connectivity index (χ4n) is 2.31. The van der Waals surface area contributed by atoms with Crippen molar-refractivity contribution in [1.82, 2.24) is 5.32 Å². The van der Waals surface area contributed by atoms with Crippen molar-refractivity contribution in [2.24, 2.45) is 0 Å². The van der Waals surface area contributed by atoms with E-state index < -0.39 is 0 Å². The summed E-state index contributed by atoms with van der Waals surface area (Å²) in [6, 6.07) is 5.59. The average molecular weight is 301 g/mol. The Bertz CT molecular complexity index is 445. The lowest BCUT2D eigenvalue weighted by Crippen LogP contribution is -2.39. The first-order chi connectivity index (χ1) is 9.15. The molecule has 1 amide bonds. The van der Waals surface area contributed by atoms with Crippen LogP contribution < -0.4 is 10.6 Å². The van der Waals surface area contributed by atoms with Crippen LogP contribution in [0.1, 0.15) is 32.1 Å². The van der Waals surface area contributed by atoms with Crippen LogP contribution in [0.4, 0.5) is 5.69 Å². The maximum absolute atomic E-state index is 11.8. The summed E-state index contributed by atoms with van der Waals surface area (Å²) in [5, 5.41) is 7.10. The van der Waals surface area contributed by atoms with Gasteiger partial charge in [0.15, 0.2) is 0 Å². The molecule has 5 heteroatoms. The molecule has 2 rings (SSSR count). The maximum atomic E-state index is 11.8. The molecule has 1 aliphatic rings. The third kappa shape index (κ3) is 4.59. The normalized spacial score (nSPS) is 16.1. The van der Waals surface area contributed by atoms with Gasteiger partial charge in [-0.25, -0.2) is 0 Å². The number of benzene rings is 1. The number of anilines is 1. The molecule has 0 saturated heterocycles. The average Bonchev–Trinajstić information content (AvgIpc) is 2.41. The van der Waals surface area contributed by atoms with E-state index in [4.69, 9.17) is 23.2 Å². The van der Waals surface area contributed by atoms with Crippen LogP contribution in [0.5, 0.6) is 0 Å². The molecule has 0 atom stereocenters. The Morgan fingerprint density at radius 2 is 1.89 bits per heavy atom. The number of nitrogens with one attached hydrogen (secondary N) is 2. The molecule has 1 aromatic rings. The van der Waals surface area contributed by atoms with Gasteiger partial charge in [-0.2, -0.15) is 0 Å². The topological polar surface area (TPSA) is 41.1 Å². The largest absolute Gasteiger partial charge is 0.376 e. The summed E-state index contributed by atoms with van der Waals surface area (Å²) in [7, 11) is 0. The summed E-state index contributed by atoms with van der Waals surface area (Å²) in [6.45, 7) is 0.258. The molecule has 0 radical (unpaired) electrons. The third-order valence-corrected chi connectivity index (χ3v) is 4.08. The first-order valence-corrected chi connectivity index (χ1v) is 7.39. The predicted molar refractivity (Wildman–Crippen MR) is 80.0 cm³/mol. The van der Waals surface area contributed by atoms with Crippen LogP contribution in [0.15, 0.2) is 18.2 Å². The Morgan fingerprint density at radius 3 is 2.58 bits per heavy atom. The Balaban J connectivity index is 1.77. The molecule has 0 heterocycles. The molecule has 3 nitrogen and oxygen atoms in total. The first-order valence-electron chi connectivity index (χ1n) is 6.63. The second-order valence-electron chi connectivity index (χ2n) is 4.88. The highest BCUT2D eigenvalue weighted by molar-refractivity contribution is 6.42. The molecule has 1 fully saturated rings. The zero-order valence-corrected chi connectivity index (χ0v) is 12.2. The van der Waals surface area contributed by atoms with Crippen LogP contribution >= 0.6 is 23.2 Å². The van der Waals surface area contributed by atoms with Gasteiger partial charge in [-0.1, -0.05) is 42.5 Å². The molecule has 0 bridgehead atoms. The number of hydrogen-bond donors (Lipinski definition) is 2. The number of halogens is 2. The monoisotopic (exact) mass is 300 g/mol. The van der Waals surface area contributed by atoms with Gasteiger partial charge >= 0.3 is 0 Å². The highest BCUT2D eigenvalue weighted by atomic mass is 35.5. The number of rotatable bonds is 4. The summed E-state index contributed by atoms with van der Waals surface area (Å²) < 4.78 is 0. The van der Waals surface area contributed by atoms with Gasteiger partial charge in [0, 0.05) is 11.7 Å². The minimum atomic E-state index is 0.0259. The van der Waals surface area contributed by atoms with Crippen molar-refractivity contribution in [2.45, 2.75) is 38.1 Å². The van der Waals surface area contributed by atoms with E-state index in [0.29, 0.717) is 16.1 Å². The van der Waals surface area contributed by atoms with Crippen molar-refractivity contribution in [3.05, 3.63) is 28.2 Å². The zero-order chi connectivity index (χ0) is 13.7. The second kappa shape index (κ2) is 7.01. The van der Waals surface area contributed by atoms with E-state index in [1.165, 1.54) is 19.3 Å². The van der Waals surface area contributed by atoms with Gasteiger partial charge in [0.25, 0.3) is 0 Å². The van der Waals surface area contributed by atoms with Gasteiger partial charge in [0.1, 0.15) is 0 Å². The molecular formula is C14H18Cl2N2O. The standard InChI is InChI=1S/C14H18Cl2N2O/c15-12-7-6-11(8-13(12)16)17-9-14(19)18-10-4-2-1-3-5-10/h6-8,10,17H,1-5,9H2,(H,18,19). The van der Waals surface area contributed by atoms with Crippen LogP contribution in [0.2, 0.25) is 10.0 Å². The number of carbonyl (C=O) groups is 1. The van der Waals surface area contributed by atoms with E-state index in [1.807, 2.05) is 6.07 Å². The number of hydrogen-bond acceptors (Lipinski definition) is 2. The summed E-state index contributed by atoms with van der Waals surface area (Å²) in [5.41, 5.74) is 0.799. The van der Waals surface area contributed by atoms with Crippen LogP contribution in [0.25, 0.3) is 0 Å². The Labute approximate surface area is 123 Å².